The first kappa shape index (κ1) is 17.3. The Morgan fingerprint density at radius 1 is 1.28 bits per heavy atom. The molecule has 3 rings (SSSR count). The summed E-state index contributed by atoms with van der Waals surface area (Å²) < 4.78 is 6.80. The molecule has 0 unspecified atom stereocenters. The molecule has 0 saturated carbocycles. The SMILES string of the molecule is COc1cn(-c2ccccc2)nc1C(=O)NC1(C(=O)O)CCSCC1. The minimum absolute atomic E-state index is 0.0743. The number of aromatic nitrogens is 2. The molecule has 2 N–H and O–H groups in total. The average molecular weight is 361 g/mol. The largest absolute Gasteiger partial charge is 0.493 e. The summed E-state index contributed by atoms with van der Waals surface area (Å²) in [5.41, 5.74) is -0.392. The number of methoxy groups -OCH3 is 1. The van der Waals surface area contributed by atoms with Crippen molar-refractivity contribution in [3.05, 3.63) is 42.2 Å². The van der Waals surface area contributed by atoms with Crippen LogP contribution >= 0.6 is 11.8 Å². The van der Waals surface area contributed by atoms with Gasteiger partial charge in [-0.25, -0.2) is 9.48 Å². The van der Waals surface area contributed by atoms with E-state index in [2.05, 4.69) is 10.4 Å². The lowest BCUT2D eigenvalue weighted by molar-refractivity contribution is -0.144. The monoisotopic (exact) mass is 361 g/mol. The highest BCUT2D eigenvalue weighted by Gasteiger charge is 2.42. The molecule has 2 heterocycles. The summed E-state index contributed by atoms with van der Waals surface area (Å²) in [5, 5.41) is 16.6. The van der Waals surface area contributed by atoms with Gasteiger partial charge in [0, 0.05) is 0 Å². The summed E-state index contributed by atoms with van der Waals surface area (Å²) in [7, 11) is 1.45. The standard InChI is InChI=1S/C17H19N3O4S/c1-24-13-11-20(12-5-3-2-4-6-12)19-14(13)15(21)18-17(16(22)23)7-9-25-10-8-17/h2-6,11H,7-10H2,1H3,(H,18,21)(H,22,23). The molecule has 1 amide bonds. The number of ether oxygens (including phenoxy) is 1. The van der Waals surface area contributed by atoms with Gasteiger partial charge in [-0.05, 0) is 36.5 Å². The second-order valence-electron chi connectivity index (χ2n) is 5.78. The predicted molar refractivity (Wildman–Crippen MR) is 94.5 cm³/mol. The molecule has 1 fully saturated rings. The van der Waals surface area contributed by atoms with Crippen LogP contribution in [0.5, 0.6) is 5.75 Å². The van der Waals surface area contributed by atoms with Gasteiger partial charge in [0.25, 0.3) is 5.91 Å². The molecular weight excluding hydrogens is 342 g/mol. The first-order valence-corrected chi connectivity index (χ1v) is 9.04. The average Bonchev–Trinajstić information content (AvgIpc) is 3.08. The van der Waals surface area contributed by atoms with Gasteiger partial charge in [0.05, 0.1) is 19.0 Å². The fourth-order valence-corrected chi connectivity index (χ4v) is 3.96. The normalized spacial score (nSPS) is 16.2. The second-order valence-corrected chi connectivity index (χ2v) is 7.00. The smallest absolute Gasteiger partial charge is 0.329 e. The molecule has 1 aliphatic heterocycles. The summed E-state index contributed by atoms with van der Waals surface area (Å²) in [4.78, 5) is 24.5. The molecule has 0 bridgehead atoms. The summed E-state index contributed by atoms with van der Waals surface area (Å²) in [6.07, 6.45) is 2.38. The summed E-state index contributed by atoms with van der Waals surface area (Å²) in [6, 6.07) is 9.32. The van der Waals surface area contributed by atoms with E-state index in [0.29, 0.717) is 30.1 Å². The maximum Gasteiger partial charge on any atom is 0.329 e. The van der Waals surface area contributed by atoms with Crippen molar-refractivity contribution in [3.63, 3.8) is 0 Å². The van der Waals surface area contributed by atoms with Crippen LogP contribution in [0.3, 0.4) is 0 Å². The van der Waals surface area contributed by atoms with Crippen molar-refractivity contribution in [3.8, 4) is 11.4 Å². The van der Waals surface area contributed by atoms with Gasteiger partial charge < -0.3 is 15.2 Å². The molecule has 0 aliphatic carbocycles. The fraction of sp³-hybridized carbons (Fsp3) is 0.353. The van der Waals surface area contributed by atoms with Gasteiger partial charge in [0.15, 0.2) is 11.4 Å². The van der Waals surface area contributed by atoms with Crippen molar-refractivity contribution in [1.29, 1.82) is 0 Å². The number of rotatable bonds is 5. The zero-order chi connectivity index (χ0) is 17.9. The molecule has 2 aromatic rings. The van der Waals surface area contributed by atoms with Crippen molar-refractivity contribution >= 4 is 23.6 Å². The van der Waals surface area contributed by atoms with E-state index in [1.165, 1.54) is 11.8 Å². The highest BCUT2D eigenvalue weighted by atomic mass is 32.2. The fourth-order valence-electron chi connectivity index (χ4n) is 2.77. The number of benzene rings is 1. The lowest BCUT2D eigenvalue weighted by atomic mass is 9.92. The van der Waals surface area contributed by atoms with E-state index in [1.807, 2.05) is 30.3 Å². The third kappa shape index (κ3) is 3.48. The Morgan fingerprint density at radius 2 is 1.96 bits per heavy atom. The van der Waals surface area contributed by atoms with Crippen LogP contribution in [-0.2, 0) is 4.79 Å². The van der Waals surface area contributed by atoms with Gasteiger partial charge in [0.2, 0.25) is 0 Å². The van der Waals surface area contributed by atoms with Crippen molar-refractivity contribution in [1.82, 2.24) is 15.1 Å². The summed E-state index contributed by atoms with van der Waals surface area (Å²) >= 11 is 1.69. The van der Waals surface area contributed by atoms with E-state index in [-0.39, 0.29) is 5.69 Å². The number of carboxylic acid groups (broad SMARTS) is 1. The van der Waals surface area contributed by atoms with Gasteiger partial charge >= 0.3 is 5.97 Å². The minimum atomic E-state index is -1.25. The zero-order valence-electron chi connectivity index (χ0n) is 13.8. The van der Waals surface area contributed by atoms with Crippen LogP contribution < -0.4 is 10.1 Å². The van der Waals surface area contributed by atoms with E-state index < -0.39 is 17.4 Å². The molecule has 132 valence electrons. The number of aliphatic carboxylic acids is 1. The molecule has 1 aromatic heterocycles. The third-order valence-corrected chi connectivity index (χ3v) is 5.23. The first-order chi connectivity index (χ1) is 12.1. The number of nitrogens with zero attached hydrogens (tertiary/aromatic N) is 2. The Morgan fingerprint density at radius 3 is 2.56 bits per heavy atom. The van der Waals surface area contributed by atoms with E-state index in [0.717, 1.165) is 5.69 Å². The minimum Gasteiger partial charge on any atom is -0.493 e. The van der Waals surface area contributed by atoms with Crippen LogP contribution in [0, 0.1) is 0 Å². The van der Waals surface area contributed by atoms with Crippen LogP contribution in [0.25, 0.3) is 5.69 Å². The molecule has 25 heavy (non-hydrogen) atoms. The molecular formula is C17H19N3O4S. The summed E-state index contributed by atoms with van der Waals surface area (Å²) in [5.74, 6) is 0.139. The van der Waals surface area contributed by atoms with Gasteiger partial charge in [-0.3, -0.25) is 4.79 Å². The van der Waals surface area contributed by atoms with Crippen LogP contribution in [-0.4, -0.2) is 50.9 Å². The van der Waals surface area contributed by atoms with Gasteiger partial charge in [-0.2, -0.15) is 16.9 Å². The number of hydrogen-bond donors (Lipinski definition) is 2. The van der Waals surface area contributed by atoms with E-state index in [9.17, 15) is 14.7 Å². The lowest BCUT2D eigenvalue weighted by Gasteiger charge is -2.33. The first-order valence-electron chi connectivity index (χ1n) is 7.88. The number of carbonyl (C=O) groups is 2. The number of hydrogen-bond acceptors (Lipinski definition) is 5. The Bertz CT molecular complexity index is 769. The Kier molecular flexibility index (Phi) is 4.98. The Labute approximate surface area is 149 Å². The highest BCUT2D eigenvalue weighted by molar-refractivity contribution is 7.99. The van der Waals surface area contributed by atoms with E-state index in [4.69, 9.17) is 4.74 Å². The molecule has 1 saturated heterocycles. The van der Waals surface area contributed by atoms with Crippen LogP contribution in [0.15, 0.2) is 36.5 Å². The lowest BCUT2D eigenvalue weighted by Crippen LogP contribution is -2.56. The molecule has 8 heteroatoms. The van der Waals surface area contributed by atoms with Gasteiger partial charge in [-0.1, -0.05) is 18.2 Å². The van der Waals surface area contributed by atoms with E-state index >= 15 is 0 Å². The maximum atomic E-state index is 12.7. The second kappa shape index (κ2) is 7.18. The highest BCUT2D eigenvalue weighted by Crippen LogP contribution is 2.28. The Balaban J connectivity index is 1.89. The number of nitrogens with one attached hydrogen (secondary N) is 1. The quantitative estimate of drug-likeness (QED) is 0.846. The number of carbonyl (C=O) groups excluding carboxylic acids is 1. The predicted octanol–water partition coefficient (Wildman–Crippen LogP) is 1.96. The van der Waals surface area contributed by atoms with E-state index in [1.54, 1.807) is 18.0 Å². The number of thioether (sulfide) groups is 1. The van der Waals surface area contributed by atoms with Crippen LogP contribution in [0.2, 0.25) is 0 Å². The van der Waals surface area contributed by atoms with Crippen LogP contribution in [0.4, 0.5) is 0 Å². The third-order valence-electron chi connectivity index (χ3n) is 4.24. The topological polar surface area (TPSA) is 93.5 Å². The van der Waals surface area contributed by atoms with Crippen molar-refractivity contribution < 1.29 is 19.4 Å². The number of amides is 1. The number of para-hydroxylation sites is 1. The molecule has 1 aliphatic rings. The van der Waals surface area contributed by atoms with Crippen molar-refractivity contribution in [2.24, 2.45) is 0 Å². The summed E-state index contributed by atoms with van der Waals surface area (Å²) in [6.45, 7) is 0. The molecule has 0 spiro atoms. The molecule has 1 aromatic carbocycles. The maximum absolute atomic E-state index is 12.7. The van der Waals surface area contributed by atoms with Crippen molar-refractivity contribution in [2.45, 2.75) is 18.4 Å². The van der Waals surface area contributed by atoms with Gasteiger partial charge in [-0.15, -0.1) is 0 Å². The molecule has 0 radical (unpaired) electrons. The number of carboxylic acids is 1. The zero-order valence-corrected chi connectivity index (χ0v) is 14.6. The Hall–Kier alpha value is -2.48. The van der Waals surface area contributed by atoms with Gasteiger partial charge in [0.1, 0.15) is 5.54 Å². The van der Waals surface area contributed by atoms with Crippen LogP contribution in [0.1, 0.15) is 23.3 Å². The van der Waals surface area contributed by atoms with Crippen molar-refractivity contribution in [2.75, 3.05) is 18.6 Å². The molecule has 7 nitrogen and oxygen atoms in total. The molecule has 0 atom stereocenters.